The number of anilines is 1. The summed E-state index contributed by atoms with van der Waals surface area (Å²) in [5, 5.41) is 0. The van der Waals surface area contributed by atoms with E-state index in [0.29, 0.717) is 0 Å². The van der Waals surface area contributed by atoms with Gasteiger partial charge in [0.1, 0.15) is 5.82 Å². The highest BCUT2D eigenvalue weighted by Crippen LogP contribution is 2.10. The highest BCUT2D eigenvalue weighted by atomic mass is 32.2. The molecule has 2 aromatic rings. The number of hydrogen-bond donors (Lipinski definition) is 2. The maximum Gasteiger partial charge on any atom is 0.241 e. The maximum absolute atomic E-state index is 11.9. The lowest BCUT2D eigenvalue weighted by Gasteiger charge is -2.06. The summed E-state index contributed by atoms with van der Waals surface area (Å²) in [5.41, 5.74) is 6.28. The average Bonchev–Trinajstić information content (AvgIpc) is 2.38. The second-order valence-electron chi connectivity index (χ2n) is 3.60. The van der Waals surface area contributed by atoms with Crippen LogP contribution in [-0.4, -0.2) is 18.4 Å². The van der Waals surface area contributed by atoms with Crippen molar-refractivity contribution in [2.75, 3.05) is 5.73 Å². The van der Waals surface area contributed by atoms with E-state index in [0.717, 1.165) is 5.56 Å². The van der Waals surface area contributed by atoms with Crippen molar-refractivity contribution in [2.45, 2.75) is 11.4 Å². The molecule has 0 aromatic carbocycles. The number of nitrogens with one attached hydrogen (secondary N) is 1. The number of rotatable bonds is 4. The topological polar surface area (TPSA) is 98.0 Å². The van der Waals surface area contributed by atoms with Gasteiger partial charge in [-0.15, -0.1) is 0 Å². The largest absolute Gasteiger partial charge is 0.384 e. The number of nitrogen functional groups attached to an aromatic ring is 1. The van der Waals surface area contributed by atoms with Crippen LogP contribution in [0, 0.1) is 0 Å². The Morgan fingerprint density at radius 2 is 1.89 bits per heavy atom. The fourth-order valence-corrected chi connectivity index (χ4v) is 2.40. The zero-order valence-corrected chi connectivity index (χ0v) is 10.3. The summed E-state index contributed by atoms with van der Waals surface area (Å²) >= 11 is 0. The first-order chi connectivity index (χ1) is 8.58. The summed E-state index contributed by atoms with van der Waals surface area (Å²) in [6.45, 7) is 0.201. The van der Waals surface area contributed by atoms with Crippen molar-refractivity contribution >= 4 is 15.8 Å². The van der Waals surface area contributed by atoms with Crippen molar-refractivity contribution in [1.82, 2.24) is 14.7 Å². The molecule has 7 heteroatoms. The van der Waals surface area contributed by atoms with Crippen LogP contribution >= 0.6 is 0 Å². The van der Waals surface area contributed by atoms with Gasteiger partial charge in [-0.25, -0.2) is 18.1 Å². The molecule has 0 saturated carbocycles. The molecule has 0 aliphatic heterocycles. The molecule has 0 unspecified atom stereocenters. The van der Waals surface area contributed by atoms with Gasteiger partial charge in [0.2, 0.25) is 10.0 Å². The molecule has 2 aromatic heterocycles. The fraction of sp³-hybridized carbons (Fsp3) is 0.0909. The summed E-state index contributed by atoms with van der Waals surface area (Å²) in [5.74, 6) is 0.168. The molecule has 0 saturated heterocycles. The first-order valence-electron chi connectivity index (χ1n) is 5.18. The molecule has 0 fully saturated rings. The van der Waals surface area contributed by atoms with E-state index in [-0.39, 0.29) is 17.3 Å². The smallest absolute Gasteiger partial charge is 0.241 e. The second kappa shape index (κ2) is 5.11. The minimum atomic E-state index is -3.57. The molecular weight excluding hydrogens is 252 g/mol. The lowest BCUT2D eigenvalue weighted by atomic mass is 10.3. The van der Waals surface area contributed by atoms with E-state index in [2.05, 4.69) is 14.7 Å². The Labute approximate surface area is 105 Å². The van der Waals surface area contributed by atoms with Gasteiger partial charge in [-0.2, -0.15) is 0 Å². The van der Waals surface area contributed by atoms with E-state index in [1.807, 2.05) is 0 Å². The monoisotopic (exact) mass is 264 g/mol. The maximum atomic E-state index is 11.9. The molecule has 0 spiro atoms. The minimum Gasteiger partial charge on any atom is -0.384 e. The summed E-state index contributed by atoms with van der Waals surface area (Å²) in [6, 6.07) is 6.19. The Balaban J connectivity index is 2.13. The van der Waals surface area contributed by atoms with Crippen LogP contribution in [0.5, 0.6) is 0 Å². The number of aromatic nitrogens is 2. The Hall–Kier alpha value is -1.99. The van der Waals surface area contributed by atoms with Crippen LogP contribution in [0.15, 0.2) is 47.8 Å². The standard InChI is InChI=1S/C11H12N4O2S/c12-11-7-10(3-6-14-11)18(16,17)15-8-9-1-4-13-5-2-9/h1-7,15H,8H2,(H2,12,14). The third-order valence-electron chi connectivity index (χ3n) is 2.28. The van der Waals surface area contributed by atoms with Crippen LogP contribution in [0.2, 0.25) is 0 Å². The number of nitrogens with two attached hydrogens (primary N) is 1. The van der Waals surface area contributed by atoms with E-state index >= 15 is 0 Å². The molecule has 6 nitrogen and oxygen atoms in total. The van der Waals surface area contributed by atoms with Crippen molar-refractivity contribution in [1.29, 1.82) is 0 Å². The lowest BCUT2D eigenvalue weighted by Crippen LogP contribution is -2.23. The average molecular weight is 264 g/mol. The van der Waals surface area contributed by atoms with Crippen molar-refractivity contribution < 1.29 is 8.42 Å². The normalized spacial score (nSPS) is 11.3. The Bertz CT molecular complexity index is 629. The van der Waals surface area contributed by atoms with Crippen LogP contribution in [0.1, 0.15) is 5.56 Å². The van der Waals surface area contributed by atoms with Gasteiger partial charge in [0, 0.05) is 31.2 Å². The highest BCUT2D eigenvalue weighted by Gasteiger charge is 2.13. The molecule has 18 heavy (non-hydrogen) atoms. The molecule has 2 heterocycles. The molecule has 0 bridgehead atoms. The number of pyridine rings is 2. The molecule has 2 rings (SSSR count). The van der Waals surface area contributed by atoms with E-state index in [1.165, 1.54) is 18.3 Å². The first kappa shape index (κ1) is 12.5. The van der Waals surface area contributed by atoms with Crippen molar-refractivity contribution in [3.05, 3.63) is 48.4 Å². The molecule has 0 atom stereocenters. The minimum absolute atomic E-state index is 0.101. The SMILES string of the molecule is Nc1cc(S(=O)(=O)NCc2ccncc2)ccn1. The van der Waals surface area contributed by atoms with Crippen LogP contribution in [0.4, 0.5) is 5.82 Å². The van der Waals surface area contributed by atoms with Crippen LogP contribution in [-0.2, 0) is 16.6 Å². The van der Waals surface area contributed by atoms with Gasteiger partial charge in [0.15, 0.2) is 0 Å². The van der Waals surface area contributed by atoms with Crippen molar-refractivity contribution in [3.63, 3.8) is 0 Å². The third-order valence-corrected chi connectivity index (χ3v) is 3.68. The first-order valence-corrected chi connectivity index (χ1v) is 6.66. The molecule has 0 radical (unpaired) electrons. The van der Waals surface area contributed by atoms with Gasteiger partial charge in [-0.05, 0) is 23.8 Å². The fourth-order valence-electron chi connectivity index (χ4n) is 1.36. The Morgan fingerprint density at radius 1 is 1.17 bits per heavy atom. The number of sulfonamides is 1. The molecular formula is C11H12N4O2S. The third kappa shape index (κ3) is 3.02. The summed E-state index contributed by atoms with van der Waals surface area (Å²) in [6.07, 6.45) is 4.57. The predicted molar refractivity (Wildman–Crippen MR) is 66.9 cm³/mol. The van der Waals surface area contributed by atoms with Gasteiger partial charge in [0.05, 0.1) is 4.90 Å². The Morgan fingerprint density at radius 3 is 2.56 bits per heavy atom. The molecule has 94 valence electrons. The highest BCUT2D eigenvalue weighted by molar-refractivity contribution is 7.89. The molecule has 0 aliphatic rings. The van der Waals surface area contributed by atoms with Crippen molar-refractivity contribution in [3.8, 4) is 0 Å². The summed E-state index contributed by atoms with van der Waals surface area (Å²) in [7, 11) is -3.57. The summed E-state index contributed by atoms with van der Waals surface area (Å²) in [4.78, 5) is 7.71. The van der Waals surface area contributed by atoms with Gasteiger partial charge >= 0.3 is 0 Å². The van der Waals surface area contributed by atoms with Crippen LogP contribution in [0.25, 0.3) is 0 Å². The Kier molecular flexibility index (Phi) is 3.54. The van der Waals surface area contributed by atoms with E-state index in [1.54, 1.807) is 24.5 Å². The van der Waals surface area contributed by atoms with Crippen molar-refractivity contribution in [2.24, 2.45) is 0 Å². The molecule has 0 aliphatic carbocycles. The van der Waals surface area contributed by atoms with E-state index in [9.17, 15) is 8.42 Å². The number of nitrogens with zero attached hydrogens (tertiary/aromatic N) is 2. The van der Waals surface area contributed by atoms with Crippen LogP contribution in [0.3, 0.4) is 0 Å². The zero-order valence-electron chi connectivity index (χ0n) is 9.45. The van der Waals surface area contributed by atoms with E-state index < -0.39 is 10.0 Å². The van der Waals surface area contributed by atoms with Gasteiger partial charge in [-0.1, -0.05) is 0 Å². The second-order valence-corrected chi connectivity index (χ2v) is 5.36. The number of hydrogen-bond acceptors (Lipinski definition) is 5. The van der Waals surface area contributed by atoms with Gasteiger partial charge in [-0.3, -0.25) is 4.98 Å². The quantitative estimate of drug-likeness (QED) is 0.839. The summed E-state index contributed by atoms with van der Waals surface area (Å²) < 4.78 is 26.4. The van der Waals surface area contributed by atoms with Crippen LogP contribution < -0.4 is 10.5 Å². The van der Waals surface area contributed by atoms with Gasteiger partial charge in [0.25, 0.3) is 0 Å². The zero-order chi connectivity index (χ0) is 13.0. The molecule has 3 N–H and O–H groups in total. The van der Waals surface area contributed by atoms with E-state index in [4.69, 9.17) is 5.73 Å². The van der Waals surface area contributed by atoms with Gasteiger partial charge < -0.3 is 5.73 Å². The molecule has 0 amide bonds. The predicted octanol–water partition coefficient (Wildman–Crippen LogP) is 0.537. The lowest BCUT2D eigenvalue weighted by molar-refractivity contribution is 0.581.